The van der Waals surface area contributed by atoms with E-state index >= 15 is 0 Å². The quantitative estimate of drug-likeness (QED) is 0.439. The molecule has 1 aromatic carbocycles. The zero-order valence-corrected chi connectivity index (χ0v) is 10.4. The number of aromatic amines is 2. The molecule has 0 atom stereocenters. The number of hydrogen-bond acceptors (Lipinski definition) is 4. The van der Waals surface area contributed by atoms with E-state index in [1.54, 1.807) is 12.1 Å². The Morgan fingerprint density at radius 3 is 2.75 bits per heavy atom. The van der Waals surface area contributed by atoms with Gasteiger partial charge in [-0.1, -0.05) is 12.0 Å². The van der Waals surface area contributed by atoms with Crippen molar-refractivity contribution in [2.45, 2.75) is 0 Å². The second-order valence-corrected chi connectivity index (χ2v) is 3.99. The van der Waals surface area contributed by atoms with E-state index in [9.17, 15) is 14.4 Å². The van der Waals surface area contributed by atoms with E-state index in [0.717, 1.165) is 0 Å². The van der Waals surface area contributed by atoms with Gasteiger partial charge in [-0.25, -0.2) is 0 Å². The first kappa shape index (κ1) is 13.6. The molecule has 0 spiro atoms. The van der Waals surface area contributed by atoms with Gasteiger partial charge >= 0.3 is 0 Å². The van der Waals surface area contributed by atoms with Crippen molar-refractivity contribution in [3.8, 4) is 12.3 Å². The molecule has 4 N–H and O–H groups in total. The van der Waals surface area contributed by atoms with Crippen molar-refractivity contribution in [2.75, 3.05) is 18.4 Å². The second-order valence-electron chi connectivity index (χ2n) is 3.99. The Hall–Kier alpha value is -2.85. The molecule has 0 saturated heterocycles. The molecule has 7 nitrogen and oxygen atoms in total. The molecule has 1 heterocycles. The molecule has 2 aromatic rings. The van der Waals surface area contributed by atoms with Crippen molar-refractivity contribution in [2.24, 2.45) is 0 Å². The lowest BCUT2D eigenvalue weighted by Gasteiger charge is -2.07. The molecule has 0 bridgehead atoms. The van der Waals surface area contributed by atoms with E-state index in [2.05, 4.69) is 26.8 Å². The fourth-order valence-corrected chi connectivity index (χ4v) is 1.78. The molecule has 0 unspecified atom stereocenters. The minimum Gasteiger partial charge on any atom is -0.324 e. The molecular weight excluding hydrogens is 260 g/mol. The summed E-state index contributed by atoms with van der Waals surface area (Å²) in [5.74, 6) is 1.99. The lowest BCUT2D eigenvalue weighted by Crippen LogP contribution is -2.29. The van der Waals surface area contributed by atoms with Crippen LogP contribution in [0.3, 0.4) is 0 Å². The molecule has 1 aromatic heterocycles. The van der Waals surface area contributed by atoms with Crippen molar-refractivity contribution in [1.29, 1.82) is 0 Å². The summed E-state index contributed by atoms with van der Waals surface area (Å²) in [6.45, 7) is 0.283. The standard InChI is InChI=1S/C13H12N4O3/c1-2-6-14-7-10(18)15-9-5-3-4-8-11(9)13(20)17-16-12(8)19/h1,3-5,14H,6-7H2,(H,15,18)(H,16,19)(H,17,20). The average molecular weight is 272 g/mol. The second kappa shape index (κ2) is 5.86. The molecule has 20 heavy (non-hydrogen) atoms. The average Bonchev–Trinajstić information content (AvgIpc) is 2.43. The third-order valence-corrected chi connectivity index (χ3v) is 2.61. The molecule has 0 fully saturated rings. The van der Waals surface area contributed by atoms with Crippen LogP contribution in [0.1, 0.15) is 0 Å². The molecule has 0 aliphatic carbocycles. The van der Waals surface area contributed by atoms with Crippen LogP contribution < -0.4 is 21.8 Å². The highest BCUT2D eigenvalue weighted by molar-refractivity contribution is 6.02. The monoisotopic (exact) mass is 272 g/mol. The van der Waals surface area contributed by atoms with Gasteiger partial charge in [-0.15, -0.1) is 6.42 Å². The first-order valence-corrected chi connectivity index (χ1v) is 5.81. The first-order chi connectivity index (χ1) is 9.63. The molecule has 0 aliphatic heterocycles. The number of carbonyl (C=O) groups excluding carboxylic acids is 1. The number of carbonyl (C=O) groups is 1. The van der Waals surface area contributed by atoms with Crippen molar-refractivity contribution >= 4 is 22.4 Å². The van der Waals surface area contributed by atoms with Gasteiger partial charge in [0.15, 0.2) is 0 Å². The summed E-state index contributed by atoms with van der Waals surface area (Å²) < 4.78 is 0. The summed E-state index contributed by atoms with van der Waals surface area (Å²) in [7, 11) is 0. The number of anilines is 1. The predicted molar refractivity (Wildman–Crippen MR) is 75.5 cm³/mol. The molecule has 1 amide bonds. The van der Waals surface area contributed by atoms with E-state index in [-0.39, 0.29) is 35.5 Å². The maximum Gasteiger partial charge on any atom is 0.272 e. The Morgan fingerprint density at radius 2 is 2.00 bits per heavy atom. The topological polar surface area (TPSA) is 107 Å². The van der Waals surface area contributed by atoms with Crippen molar-refractivity contribution in [1.82, 2.24) is 15.5 Å². The number of amides is 1. The minimum absolute atomic E-state index is 0.0156. The van der Waals surface area contributed by atoms with Gasteiger partial charge in [0.25, 0.3) is 11.1 Å². The molecule has 7 heteroatoms. The van der Waals surface area contributed by atoms with Crippen LogP contribution in [-0.2, 0) is 4.79 Å². The molecular formula is C13H12N4O3. The molecule has 0 aliphatic rings. The Balaban J connectivity index is 2.34. The van der Waals surface area contributed by atoms with Crippen LogP contribution in [0.2, 0.25) is 0 Å². The summed E-state index contributed by atoms with van der Waals surface area (Å²) in [6.07, 6.45) is 5.05. The lowest BCUT2D eigenvalue weighted by molar-refractivity contribution is -0.115. The number of H-pyrrole nitrogens is 2. The fraction of sp³-hybridized carbons (Fsp3) is 0.154. The maximum absolute atomic E-state index is 11.8. The van der Waals surface area contributed by atoms with E-state index in [0.29, 0.717) is 0 Å². The number of benzene rings is 1. The summed E-state index contributed by atoms with van der Waals surface area (Å²) >= 11 is 0. The van der Waals surface area contributed by atoms with Crippen LogP contribution in [-0.4, -0.2) is 29.2 Å². The summed E-state index contributed by atoms with van der Waals surface area (Å²) in [5, 5.41) is 10.1. The molecule has 2 rings (SSSR count). The lowest BCUT2D eigenvalue weighted by atomic mass is 10.1. The van der Waals surface area contributed by atoms with Crippen molar-refractivity contribution in [3.63, 3.8) is 0 Å². The fourth-order valence-electron chi connectivity index (χ4n) is 1.78. The van der Waals surface area contributed by atoms with Crippen LogP contribution in [0.15, 0.2) is 27.8 Å². The summed E-state index contributed by atoms with van der Waals surface area (Å²) in [4.78, 5) is 35.1. The normalized spacial score (nSPS) is 10.2. The summed E-state index contributed by atoms with van der Waals surface area (Å²) in [6, 6.07) is 4.65. The van der Waals surface area contributed by atoms with Gasteiger partial charge in [0.05, 0.1) is 29.5 Å². The molecule has 0 radical (unpaired) electrons. The highest BCUT2D eigenvalue weighted by Crippen LogP contribution is 2.16. The third-order valence-electron chi connectivity index (χ3n) is 2.61. The Labute approximate surface area is 113 Å². The van der Waals surface area contributed by atoms with E-state index < -0.39 is 11.1 Å². The summed E-state index contributed by atoms with van der Waals surface area (Å²) in [5.41, 5.74) is -0.629. The number of fused-ring (bicyclic) bond motifs is 1. The van der Waals surface area contributed by atoms with E-state index in [4.69, 9.17) is 6.42 Å². The number of nitrogens with one attached hydrogen (secondary N) is 4. The van der Waals surface area contributed by atoms with E-state index in [1.165, 1.54) is 6.07 Å². The number of aromatic nitrogens is 2. The Kier molecular flexibility index (Phi) is 3.98. The van der Waals surface area contributed by atoms with Crippen molar-refractivity contribution < 1.29 is 4.79 Å². The predicted octanol–water partition coefficient (Wildman–Crippen LogP) is -0.622. The number of hydrogen-bond donors (Lipinski definition) is 4. The largest absolute Gasteiger partial charge is 0.324 e. The van der Waals surface area contributed by atoms with Crippen LogP contribution in [0.4, 0.5) is 5.69 Å². The van der Waals surface area contributed by atoms with Crippen LogP contribution in [0.25, 0.3) is 10.8 Å². The molecule has 0 saturated carbocycles. The number of terminal acetylenes is 1. The highest BCUT2D eigenvalue weighted by atomic mass is 16.2. The van der Waals surface area contributed by atoms with Crippen molar-refractivity contribution in [3.05, 3.63) is 38.9 Å². The zero-order chi connectivity index (χ0) is 14.5. The van der Waals surface area contributed by atoms with Gasteiger partial charge in [0, 0.05) is 0 Å². The van der Waals surface area contributed by atoms with Crippen LogP contribution >= 0.6 is 0 Å². The van der Waals surface area contributed by atoms with Gasteiger partial charge in [-0.2, -0.15) is 0 Å². The first-order valence-electron chi connectivity index (χ1n) is 5.81. The molecule has 102 valence electrons. The van der Waals surface area contributed by atoms with Gasteiger partial charge in [0.2, 0.25) is 5.91 Å². The maximum atomic E-state index is 11.8. The Morgan fingerprint density at radius 1 is 1.25 bits per heavy atom. The van der Waals surface area contributed by atoms with E-state index in [1.807, 2.05) is 0 Å². The van der Waals surface area contributed by atoms with Gasteiger partial charge in [0.1, 0.15) is 0 Å². The van der Waals surface area contributed by atoms with Gasteiger partial charge in [-0.05, 0) is 12.1 Å². The number of rotatable bonds is 4. The van der Waals surface area contributed by atoms with Crippen LogP contribution in [0, 0.1) is 12.3 Å². The zero-order valence-electron chi connectivity index (χ0n) is 10.4. The highest BCUT2D eigenvalue weighted by Gasteiger charge is 2.10. The van der Waals surface area contributed by atoms with Crippen LogP contribution in [0.5, 0.6) is 0 Å². The minimum atomic E-state index is -0.480. The Bertz CT molecular complexity index is 798. The SMILES string of the molecule is C#CCNCC(=O)Nc1cccc2c(=O)[nH][nH]c(=O)c12. The third kappa shape index (κ3) is 2.76. The van der Waals surface area contributed by atoms with Gasteiger partial charge < -0.3 is 5.32 Å². The smallest absolute Gasteiger partial charge is 0.272 e. The van der Waals surface area contributed by atoms with Gasteiger partial charge in [-0.3, -0.25) is 29.9 Å².